The van der Waals surface area contributed by atoms with Gasteiger partial charge in [-0.05, 0) is 43.3 Å². The number of halogens is 3. The summed E-state index contributed by atoms with van der Waals surface area (Å²) in [6.45, 7) is 2.92. The fourth-order valence-electron chi connectivity index (χ4n) is 2.16. The quantitative estimate of drug-likeness (QED) is 0.841. The SMILES string of the molecule is CCOc1cc(Cl)c(-c2ccc(F)cc2CNC)cc1Cl. The molecule has 2 aromatic carbocycles. The molecule has 0 amide bonds. The van der Waals surface area contributed by atoms with Gasteiger partial charge in [0.2, 0.25) is 0 Å². The first-order chi connectivity index (χ1) is 10.1. The Morgan fingerprint density at radius 1 is 1.10 bits per heavy atom. The summed E-state index contributed by atoms with van der Waals surface area (Å²) >= 11 is 12.5. The van der Waals surface area contributed by atoms with Crippen molar-refractivity contribution in [1.29, 1.82) is 0 Å². The Hall–Kier alpha value is -1.29. The van der Waals surface area contributed by atoms with Crippen LogP contribution in [-0.2, 0) is 6.54 Å². The Labute approximate surface area is 133 Å². The molecular weight excluding hydrogens is 312 g/mol. The number of ether oxygens (including phenoxy) is 1. The second kappa shape index (κ2) is 7.12. The van der Waals surface area contributed by atoms with Gasteiger partial charge in [0, 0.05) is 18.2 Å². The lowest BCUT2D eigenvalue weighted by Gasteiger charge is -2.14. The molecule has 21 heavy (non-hydrogen) atoms. The first-order valence-corrected chi connectivity index (χ1v) is 7.37. The van der Waals surface area contributed by atoms with Gasteiger partial charge in [-0.2, -0.15) is 0 Å². The van der Waals surface area contributed by atoms with E-state index in [4.69, 9.17) is 27.9 Å². The minimum Gasteiger partial charge on any atom is -0.492 e. The van der Waals surface area contributed by atoms with Gasteiger partial charge < -0.3 is 10.1 Å². The maximum atomic E-state index is 13.4. The third-order valence-electron chi connectivity index (χ3n) is 3.05. The molecule has 0 radical (unpaired) electrons. The Kier molecular flexibility index (Phi) is 5.45. The molecule has 0 saturated carbocycles. The molecule has 2 rings (SSSR count). The van der Waals surface area contributed by atoms with Crippen molar-refractivity contribution in [3.8, 4) is 16.9 Å². The highest BCUT2D eigenvalue weighted by Crippen LogP contribution is 2.38. The summed E-state index contributed by atoms with van der Waals surface area (Å²) in [7, 11) is 1.81. The van der Waals surface area contributed by atoms with Crippen LogP contribution in [0.5, 0.6) is 5.75 Å². The van der Waals surface area contributed by atoms with Gasteiger partial charge in [0.25, 0.3) is 0 Å². The highest BCUT2D eigenvalue weighted by Gasteiger charge is 2.13. The molecule has 112 valence electrons. The van der Waals surface area contributed by atoms with Crippen molar-refractivity contribution in [2.75, 3.05) is 13.7 Å². The molecule has 0 fully saturated rings. The van der Waals surface area contributed by atoms with Gasteiger partial charge in [-0.1, -0.05) is 29.3 Å². The average molecular weight is 328 g/mol. The lowest BCUT2D eigenvalue weighted by Crippen LogP contribution is -2.07. The van der Waals surface area contributed by atoms with E-state index in [2.05, 4.69) is 5.32 Å². The summed E-state index contributed by atoms with van der Waals surface area (Å²) in [5.41, 5.74) is 2.43. The van der Waals surface area contributed by atoms with Gasteiger partial charge in [-0.15, -0.1) is 0 Å². The maximum Gasteiger partial charge on any atom is 0.139 e. The van der Waals surface area contributed by atoms with Gasteiger partial charge in [-0.3, -0.25) is 0 Å². The second-order valence-electron chi connectivity index (χ2n) is 4.53. The predicted octanol–water partition coefficient (Wildman–Crippen LogP) is 4.92. The molecule has 0 spiro atoms. The number of hydrogen-bond acceptors (Lipinski definition) is 2. The summed E-state index contributed by atoms with van der Waals surface area (Å²) in [6.07, 6.45) is 0. The van der Waals surface area contributed by atoms with Crippen molar-refractivity contribution in [2.45, 2.75) is 13.5 Å². The van der Waals surface area contributed by atoms with E-state index in [1.54, 1.807) is 18.2 Å². The highest BCUT2D eigenvalue weighted by molar-refractivity contribution is 6.36. The van der Waals surface area contributed by atoms with Crippen LogP contribution in [0, 0.1) is 5.82 Å². The fraction of sp³-hybridized carbons (Fsp3) is 0.250. The number of benzene rings is 2. The lowest BCUT2D eigenvalue weighted by atomic mass is 9.99. The molecule has 0 unspecified atom stereocenters. The van der Waals surface area contributed by atoms with Gasteiger partial charge in [-0.25, -0.2) is 4.39 Å². The van der Waals surface area contributed by atoms with E-state index >= 15 is 0 Å². The minimum absolute atomic E-state index is 0.280. The van der Waals surface area contributed by atoms with E-state index in [0.29, 0.717) is 28.9 Å². The van der Waals surface area contributed by atoms with Crippen LogP contribution in [-0.4, -0.2) is 13.7 Å². The van der Waals surface area contributed by atoms with Crippen LogP contribution in [0.4, 0.5) is 4.39 Å². The first-order valence-electron chi connectivity index (χ1n) is 6.62. The predicted molar refractivity (Wildman–Crippen MR) is 85.8 cm³/mol. The molecule has 2 nitrogen and oxygen atoms in total. The van der Waals surface area contributed by atoms with Crippen molar-refractivity contribution >= 4 is 23.2 Å². The van der Waals surface area contributed by atoms with E-state index in [9.17, 15) is 4.39 Å². The fourth-order valence-corrected chi connectivity index (χ4v) is 2.64. The van der Waals surface area contributed by atoms with Gasteiger partial charge >= 0.3 is 0 Å². The standard InChI is InChI=1S/C16H16Cl2FNO/c1-3-21-16-8-14(17)13(7-15(16)18)12-5-4-11(19)6-10(12)9-20-2/h4-8,20H,3,9H2,1-2H3. The monoisotopic (exact) mass is 327 g/mol. The number of hydrogen-bond donors (Lipinski definition) is 1. The van der Waals surface area contributed by atoms with Gasteiger partial charge in [0.1, 0.15) is 11.6 Å². The van der Waals surface area contributed by atoms with Crippen molar-refractivity contribution in [3.05, 3.63) is 51.8 Å². The van der Waals surface area contributed by atoms with E-state index < -0.39 is 0 Å². The Bertz CT molecular complexity index is 646. The third-order valence-corrected chi connectivity index (χ3v) is 3.65. The van der Waals surface area contributed by atoms with E-state index in [-0.39, 0.29) is 5.82 Å². The van der Waals surface area contributed by atoms with Crippen LogP contribution >= 0.6 is 23.2 Å². The van der Waals surface area contributed by atoms with Gasteiger partial charge in [0.05, 0.1) is 16.7 Å². The summed E-state index contributed by atoms with van der Waals surface area (Å²) in [6, 6.07) is 8.05. The second-order valence-corrected chi connectivity index (χ2v) is 5.34. The minimum atomic E-state index is -0.280. The molecular formula is C16H16Cl2FNO. The van der Waals surface area contributed by atoms with Crippen LogP contribution in [0.1, 0.15) is 12.5 Å². The first kappa shape index (κ1) is 16.1. The zero-order chi connectivity index (χ0) is 15.4. The molecule has 1 N–H and O–H groups in total. The van der Waals surface area contributed by atoms with Crippen molar-refractivity contribution in [3.63, 3.8) is 0 Å². The van der Waals surface area contributed by atoms with Gasteiger partial charge in [0.15, 0.2) is 0 Å². The lowest BCUT2D eigenvalue weighted by molar-refractivity contribution is 0.340. The third kappa shape index (κ3) is 3.67. The normalized spacial score (nSPS) is 10.7. The Morgan fingerprint density at radius 3 is 2.52 bits per heavy atom. The highest BCUT2D eigenvalue weighted by atomic mass is 35.5. The smallest absolute Gasteiger partial charge is 0.139 e. The van der Waals surface area contributed by atoms with Crippen LogP contribution in [0.15, 0.2) is 30.3 Å². The van der Waals surface area contributed by atoms with Crippen LogP contribution < -0.4 is 10.1 Å². The molecule has 0 saturated heterocycles. The average Bonchev–Trinajstić information content (AvgIpc) is 2.44. The zero-order valence-corrected chi connectivity index (χ0v) is 13.4. The molecule has 0 bridgehead atoms. The largest absolute Gasteiger partial charge is 0.492 e. The van der Waals surface area contributed by atoms with Crippen molar-refractivity contribution in [2.24, 2.45) is 0 Å². The van der Waals surface area contributed by atoms with Crippen molar-refractivity contribution in [1.82, 2.24) is 5.32 Å². The van der Waals surface area contributed by atoms with Crippen LogP contribution in [0.25, 0.3) is 11.1 Å². The summed E-state index contributed by atoms with van der Waals surface area (Å²) < 4.78 is 18.8. The number of nitrogens with one attached hydrogen (secondary N) is 1. The molecule has 5 heteroatoms. The Balaban J connectivity index is 2.54. The summed E-state index contributed by atoms with van der Waals surface area (Å²) in [5, 5.41) is 4.02. The van der Waals surface area contributed by atoms with Crippen LogP contribution in [0.2, 0.25) is 10.0 Å². The molecule has 2 aromatic rings. The molecule has 0 aliphatic heterocycles. The van der Waals surface area contributed by atoms with Crippen LogP contribution in [0.3, 0.4) is 0 Å². The molecule has 0 aliphatic rings. The van der Waals surface area contributed by atoms with E-state index in [0.717, 1.165) is 16.7 Å². The molecule has 0 aromatic heterocycles. The molecule has 0 heterocycles. The van der Waals surface area contributed by atoms with E-state index in [1.165, 1.54) is 12.1 Å². The van der Waals surface area contributed by atoms with Crippen molar-refractivity contribution < 1.29 is 9.13 Å². The topological polar surface area (TPSA) is 21.3 Å². The number of rotatable bonds is 5. The zero-order valence-electron chi connectivity index (χ0n) is 11.8. The summed E-state index contributed by atoms with van der Waals surface area (Å²) in [4.78, 5) is 0. The maximum absolute atomic E-state index is 13.4. The molecule has 0 atom stereocenters. The Morgan fingerprint density at radius 2 is 1.86 bits per heavy atom. The van der Waals surface area contributed by atoms with E-state index in [1.807, 2.05) is 14.0 Å². The summed E-state index contributed by atoms with van der Waals surface area (Å²) in [5.74, 6) is 0.266. The molecule has 0 aliphatic carbocycles.